The van der Waals surface area contributed by atoms with Crippen molar-refractivity contribution in [1.82, 2.24) is 5.32 Å². The molecule has 1 atom stereocenters. The van der Waals surface area contributed by atoms with Gasteiger partial charge >= 0.3 is 0 Å². The quantitative estimate of drug-likeness (QED) is 0.134. The lowest BCUT2D eigenvalue weighted by Crippen LogP contribution is -2.30. The molecule has 0 aromatic heterocycles. The highest BCUT2D eigenvalue weighted by atomic mass is 32.2. The summed E-state index contributed by atoms with van der Waals surface area (Å²) in [6.45, 7) is 8.02. The van der Waals surface area contributed by atoms with E-state index in [0.29, 0.717) is 17.7 Å². The Hall–Kier alpha value is -4.62. The molecular weight excluding hydrogens is 542 g/mol. The first-order valence-corrected chi connectivity index (χ1v) is 14.7. The molecule has 0 saturated heterocycles. The normalized spacial score (nSPS) is 11.9. The van der Waals surface area contributed by atoms with Crippen LogP contribution in [0.2, 0.25) is 0 Å². The summed E-state index contributed by atoms with van der Waals surface area (Å²) in [4.78, 5) is 40.3. The summed E-state index contributed by atoms with van der Waals surface area (Å²) in [5.41, 5.74) is 6.05. The third-order valence-electron chi connectivity index (χ3n) is 6.73. The van der Waals surface area contributed by atoms with Gasteiger partial charge in [0.1, 0.15) is 5.70 Å². The zero-order chi connectivity index (χ0) is 30.1. The van der Waals surface area contributed by atoms with Gasteiger partial charge in [0.15, 0.2) is 0 Å². The molecule has 6 nitrogen and oxygen atoms in total. The van der Waals surface area contributed by atoms with Crippen LogP contribution in [0.1, 0.15) is 46.0 Å². The van der Waals surface area contributed by atoms with Gasteiger partial charge in [-0.25, -0.2) is 0 Å². The highest BCUT2D eigenvalue weighted by molar-refractivity contribution is 8.00. The van der Waals surface area contributed by atoms with Crippen molar-refractivity contribution in [1.29, 1.82) is 0 Å². The third kappa shape index (κ3) is 8.44. The number of benzene rings is 4. The van der Waals surface area contributed by atoms with Crippen molar-refractivity contribution in [2.24, 2.45) is 0 Å². The average molecular weight is 578 g/mol. The second-order valence-corrected chi connectivity index (χ2v) is 11.3. The molecule has 4 aromatic rings. The van der Waals surface area contributed by atoms with Crippen LogP contribution in [0.15, 0.2) is 108 Å². The molecule has 4 aromatic carbocycles. The second kappa shape index (κ2) is 14.3. The largest absolute Gasteiger partial charge is 0.325 e. The number of nitrogens with one attached hydrogen (secondary N) is 3. The van der Waals surface area contributed by atoms with Gasteiger partial charge in [-0.1, -0.05) is 67.1 Å². The molecule has 4 rings (SSSR count). The number of hydrogen-bond acceptors (Lipinski definition) is 4. The van der Waals surface area contributed by atoms with Crippen LogP contribution in [0.25, 0.3) is 6.08 Å². The zero-order valence-electron chi connectivity index (χ0n) is 24.2. The predicted octanol–water partition coefficient (Wildman–Crippen LogP) is 7.53. The predicted molar refractivity (Wildman–Crippen MR) is 173 cm³/mol. The Kier molecular flexibility index (Phi) is 10.3. The fourth-order valence-corrected chi connectivity index (χ4v) is 5.16. The molecule has 0 aliphatic carbocycles. The van der Waals surface area contributed by atoms with Crippen molar-refractivity contribution >= 4 is 46.9 Å². The van der Waals surface area contributed by atoms with Crippen LogP contribution in [0.5, 0.6) is 0 Å². The summed E-state index contributed by atoms with van der Waals surface area (Å²) in [6, 6.07) is 29.7. The van der Waals surface area contributed by atoms with Gasteiger partial charge in [0.25, 0.3) is 11.8 Å². The van der Waals surface area contributed by atoms with Crippen molar-refractivity contribution < 1.29 is 14.4 Å². The number of anilines is 2. The fraction of sp³-hybridized carbons (Fsp3) is 0.171. The van der Waals surface area contributed by atoms with Crippen LogP contribution in [-0.4, -0.2) is 23.0 Å². The van der Waals surface area contributed by atoms with Crippen LogP contribution in [0.3, 0.4) is 0 Å². The van der Waals surface area contributed by atoms with Crippen molar-refractivity contribution in [3.8, 4) is 0 Å². The average Bonchev–Trinajstić information content (AvgIpc) is 2.99. The lowest BCUT2D eigenvalue weighted by molar-refractivity contribution is -0.116. The van der Waals surface area contributed by atoms with E-state index in [4.69, 9.17) is 0 Å². The second-order valence-electron chi connectivity index (χ2n) is 10.1. The maximum Gasteiger partial charge on any atom is 0.272 e. The topological polar surface area (TPSA) is 87.3 Å². The van der Waals surface area contributed by atoms with E-state index in [1.54, 1.807) is 36.4 Å². The first-order valence-electron chi connectivity index (χ1n) is 13.8. The van der Waals surface area contributed by atoms with E-state index >= 15 is 0 Å². The summed E-state index contributed by atoms with van der Waals surface area (Å²) in [5, 5.41) is 8.38. The van der Waals surface area contributed by atoms with E-state index < -0.39 is 5.91 Å². The van der Waals surface area contributed by atoms with Crippen LogP contribution in [-0.2, 0) is 9.59 Å². The minimum atomic E-state index is -0.457. The maximum absolute atomic E-state index is 13.4. The third-order valence-corrected chi connectivity index (χ3v) is 8.08. The molecule has 0 heterocycles. The Balaban J connectivity index is 1.49. The molecule has 42 heavy (non-hydrogen) atoms. The molecule has 0 aliphatic heterocycles. The number of carbonyl (C=O) groups is 3. The Morgan fingerprint density at radius 2 is 1.48 bits per heavy atom. The van der Waals surface area contributed by atoms with Crippen LogP contribution in [0, 0.1) is 20.8 Å². The van der Waals surface area contributed by atoms with Crippen molar-refractivity contribution in [2.45, 2.75) is 44.3 Å². The summed E-state index contributed by atoms with van der Waals surface area (Å²) >= 11 is 1.44. The number of hydrogen-bond donors (Lipinski definition) is 3. The van der Waals surface area contributed by atoms with Gasteiger partial charge in [0.2, 0.25) is 5.91 Å². The molecule has 3 amide bonds. The van der Waals surface area contributed by atoms with Gasteiger partial charge in [-0.2, -0.15) is 0 Å². The first kappa shape index (κ1) is 30.3. The Morgan fingerprint density at radius 3 is 2.17 bits per heavy atom. The molecule has 0 aliphatic rings. The van der Waals surface area contributed by atoms with Gasteiger partial charge in [0.05, 0.1) is 5.25 Å². The zero-order valence-corrected chi connectivity index (χ0v) is 25.0. The summed E-state index contributed by atoms with van der Waals surface area (Å²) in [7, 11) is 0. The van der Waals surface area contributed by atoms with Crippen molar-refractivity contribution in [2.75, 3.05) is 10.6 Å². The maximum atomic E-state index is 13.4. The minimum Gasteiger partial charge on any atom is -0.325 e. The number of aryl methyl sites for hydroxylation is 3. The van der Waals surface area contributed by atoms with Gasteiger partial charge in [0, 0.05) is 21.8 Å². The van der Waals surface area contributed by atoms with E-state index in [9.17, 15) is 14.4 Å². The number of rotatable bonds is 10. The molecular formula is C35H35N3O3S. The van der Waals surface area contributed by atoms with E-state index in [1.807, 2.05) is 94.4 Å². The summed E-state index contributed by atoms with van der Waals surface area (Å²) in [5.74, 6) is -0.914. The number of amides is 3. The molecule has 0 saturated carbocycles. The highest BCUT2D eigenvalue weighted by Gasteiger charge is 2.19. The standard InChI is InChI=1S/C35H35N3O3S/c1-5-32(35(41)37-29-19-16-24(3)25(4)20-29)42-30-13-9-12-28(22-30)36-34(40)31(21-26-17-14-23(2)15-18-26)38-33(39)27-10-7-6-8-11-27/h6-22,32H,5H2,1-4H3,(H,36,40)(H,37,41)(H,38,39)/b31-21-. The molecule has 0 radical (unpaired) electrons. The van der Waals surface area contributed by atoms with Gasteiger partial charge in [-0.3, -0.25) is 14.4 Å². The van der Waals surface area contributed by atoms with E-state index in [-0.39, 0.29) is 22.8 Å². The molecule has 7 heteroatoms. The lowest BCUT2D eigenvalue weighted by atomic mass is 10.1. The first-order chi connectivity index (χ1) is 20.2. The van der Waals surface area contributed by atoms with E-state index in [0.717, 1.165) is 27.3 Å². The smallest absolute Gasteiger partial charge is 0.272 e. The molecule has 0 bridgehead atoms. The van der Waals surface area contributed by atoms with Crippen LogP contribution < -0.4 is 16.0 Å². The fourth-order valence-electron chi connectivity index (χ4n) is 4.15. The van der Waals surface area contributed by atoms with Gasteiger partial charge in [-0.15, -0.1) is 11.8 Å². The Labute approximate surface area is 251 Å². The highest BCUT2D eigenvalue weighted by Crippen LogP contribution is 2.29. The molecule has 3 N–H and O–H groups in total. The van der Waals surface area contributed by atoms with Crippen LogP contribution in [0.4, 0.5) is 11.4 Å². The lowest BCUT2D eigenvalue weighted by Gasteiger charge is -2.16. The summed E-state index contributed by atoms with van der Waals surface area (Å²) < 4.78 is 0. The number of carbonyl (C=O) groups excluding carboxylic acids is 3. The van der Waals surface area contributed by atoms with E-state index in [2.05, 4.69) is 16.0 Å². The molecule has 214 valence electrons. The van der Waals surface area contributed by atoms with E-state index in [1.165, 1.54) is 17.3 Å². The Morgan fingerprint density at radius 1 is 0.762 bits per heavy atom. The van der Waals surface area contributed by atoms with Gasteiger partial charge < -0.3 is 16.0 Å². The SMILES string of the molecule is CCC(Sc1cccc(NC(=O)/C(=C/c2ccc(C)cc2)NC(=O)c2ccccc2)c1)C(=O)Nc1ccc(C)c(C)c1. The summed E-state index contributed by atoms with van der Waals surface area (Å²) in [6.07, 6.45) is 2.28. The number of thioether (sulfide) groups is 1. The molecule has 0 spiro atoms. The van der Waals surface area contributed by atoms with Gasteiger partial charge in [-0.05, 0) is 92.4 Å². The molecule has 0 fully saturated rings. The van der Waals surface area contributed by atoms with Crippen LogP contribution >= 0.6 is 11.8 Å². The minimum absolute atomic E-state index is 0.0767. The monoisotopic (exact) mass is 577 g/mol. The van der Waals surface area contributed by atoms with Crippen molar-refractivity contribution in [3.05, 3.63) is 131 Å². The Bertz CT molecular complexity index is 1600. The molecule has 1 unspecified atom stereocenters. The van der Waals surface area contributed by atoms with Crippen molar-refractivity contribution in [3.63, 3.8) is 0 Å².